The maximum atomic E-state index is 13.6. The number of carbonyl (C=O) groups excluding carboxylic acids is 2. The van der Waals surface area contributed by atoms with Crippen LogP contribution in [0.1, 0.15) is 32.3 Å². The zero-order chi connectivity index (χ0) is 26.9. The third kappa shape index (κ3) is 7.41. The maximum absolute atomic E-state index is 13.6. The van der Waals surface area contributed by atoms with Gasteiger partial charge in [-0.15, -0.1) is 0 Å². The fraction of sp³-hybridized carbons (Fsp3) is 0.417. The number of nitro groups is 1. The predicted octanol–water partition coefficient (Wildman–Crippen LogP) is 2.70. The molecule has 0 aliphatic heterocycles. The first-order valence-electron chi connectivity index (χ1n) is 11.4. The molecule has 2 aromatic carbocycles. The average Bonchev–Trinajstić information content (AvgIpc) is 2.85. The van der Waals surface area contributed by atoms with E-state index in [2.05, 4.69) is 5.32 Å². The van der Waals surface area contributed by atoms with Crippen LogP contribution in [0.15, 0.2) is 48.5 Å². The Morgan fingerprint density at radius 1 is 1.14 bits per heavy atom. The zero-order valence-corrected chi connectivity index (χ0v) is 21.7. The Labute approximate surface area is 211 Å². The Bertz CT molecular complexity index is 1170. The molecule has 11 nitrogen and oxygen atoms in total. The number of nitro benzene ring substituents is 1. The predicted molar refractivity (Wildman–Crippen MR) is 136 cm³/mol. The highest BCUT2D eigenvalue weighted by molar-refractivity contribution is 7.92. The van der Waals surface area contributed by atoms with Crippen molar-refractivity contribution >= 4 is 33.2 Å². The summed E-state index contributed by atoms with van der Waals surface area (Å²) in [5, 5.41) is 14.1. The summed E-state index contributed by atoms with van der Waals surface area (Å²) in [5.41, 5.74) is 0.246. The molecule has 2 aromatic rings. The summed E-state index contributed by atoms with van der Waals surface area (Å²) < 4.78 is 31.5. The number of nitrogens with zero attached hydrogens (tertiary/aromatic N) is 3. The first-order chi connectivity index (χ1) is 17.0. The largest absolute Gasteiger partial charge is 0.495 e. The number of amides is 2. The van der Waals surface area contributed by atoms with Gasteiger partial charge in [0.1, 0.15) is 24.0 Å². The molecule has 196 valence electrons. The summed E-state index contributed by atoms with van der Waals surface area (Å²) in [4.78, 5) is 38.5. The van der Waals surface area contributed by atoms with Gasteiger partial charge in [0.2, 0.25) is 21.8 Å². The number of benzene rings is 2. The lowest BCUT2D eigenvalue weighted by Crippen LogP contribution is -2.52. The summed E-state index contributed by atoms with van der Waals surface area (Å²) in [6.45, 7) is 3.50. The van der Waals surface area contributed by atoms with Gasteiger partial charge >= 0.3 is 0 Å². The molecule has 2 rings (SSSR count). The number of nitrogens with one attached hydrogen (secondary N) is 1. The van der Waals surface area contributed by atoms with E-state index in [-0.39, 0.29) is 29.6 Å². The minimum Gasteiger partial charge on any atom is -0.495 e. The van der Waals surface area contributed by atoms with Crippen molar-refractivity contribution in [1.82, 2.24) is 10.2 Å². The van der Waals surface area contributed by atoms with Crippen LogP contribution in [0.3, 0.4) is 0 Å². The second-order valence-corrected chi connectivity index (χ2v) is 10.0. The molecule has 1 N–H and O–H groups in total. The van der Waals surface area contributed by atoms with Crippen LogP contribution in [0, 0.1) is 10.1 Å². The molecule has 0 spiro atoms. The van der Waals surface area contributed by atoms with E-state index >= 15 is 0 Å². The molecule has 0 saturated carbocycles. The van der Waals surface area contributed by atoms with Gasteiger partial charge in [0, 0.05) is 25.2 Å². The van der Waals surface area contributed by atoms with Gasteiger partial charge in [-0.05, 0) is 24.5 Å². The second kappa shape index (κ2) is 12.9. The van der Waals surface area contributed by atoms with E-state index in [1.165, 1.54) is 24.1 Å². The Hall–Kier alpha value is -3.67. The Morgan fingerprint density at radius 3 is 2.33 bits per heavy atom. The van der Waals surface area contributed by atoms with Crippen molar-refractivity contribution in [3.05, 3.63) is 64.2 Å². The summed E-state index contributed by atoms with van der Waals surface area (Å²) in [5.74, 6) is -0.944. The molecule has 36 heavy (non-hydrogen) atoms. The van der Waals surface area contributed by atoms with Crippen molar-refractivity contribution in [2.24, 2.45) is 0 Å². The quantitative estimate of drug-likeness (QED) is 0.316. The van der Waals surface area contributed by atoms with Gasteiger partial charge in [0.25, 0.3) is 5.69 Å². The number of anilines is 1. The Morgan fingerprint density at radius 2 is 1.81 bits per heavy atom. The van der Waals surface area contributed by atoms with Crippen molar-refractivity contribution in [2.75, 3.05) is 30.8 Å². The van der Waals surface area contributed by atoms with Crippen LogP contribution < -0.4 is 14.4 Å². The van der Waals surface area contributed by atoms with Crippen molar-refractivity contribution in [3.8, 4) is 5.75 Å². The smallest absolute Gasteiger partial charge is 0.271 e. The van der Waals surface area contributed by atoms with E-state index < -0.39 is 33.4 Å². The van der Waals surface area contributed by atoms with Crippen LogP contribution in [0.25, 0.3) is 0 Å². The average molecular weight is 521 g/mol. The van der Waals surface area contributed by atoms with Gasteiger partial charge in [-0.25, -0.2) is 8.42 Å². The van der Waals surface area contributed by atoms with E-state index in [4.69, 9.17) is 4.74 Å². The van der Waals surface area contributed by atoms with E-state index in [1.54, 1.807) is 31.2 Å². The lowest BCUT2D eigenvalue weighted by Gasteiger charge is -2.33. The molecule has 0 bridgehead atoms. The van der Waals surface area contributed by atoms with Gasteiger partial charge in [0.05, 0.1) is 18.3 Å². The first kappa shape index (κ1) is 28.6. The number of hydrogen-bond acceptors (Lipinski definition) is 7. The number of non-ortho nitro benzene ring substituents is 1. The van der Waals surface area contributed by atoms with E-state index in [0.717, 1.165) is 22.2 Å². The van der Waals surface area contributed by atoms with Crippen molar-refractivity contribution < 1.29 is 27.7 Å². The highest BCUT2D eigenvalue weighted by Gasteiger charge is 2.33. The van der Waals surface area contributed by atoms with Crippen LogP contribution in [0.4, 0.5) is 11.4 Å². The SMILES string of the molecule is CCCNC(=O)[C@H](CC)N(Cc1ccccc1)C(=O)CN(c1cc([N+](=O)[O-])ccc1OC)S(C)(=O)=O. The molecular weight excluding hydrogens is 488 g/mol. The van der Waals surface area contributed by atoms with Gasteiger partial charge in [0.15, 0.2) is 0 Å². The zero-order valence-electron chi connectivity index (χ0n) is 20.8. The van der Waals surface area contributed by atoms with Crippen molar-refractivity contribution in [3.63, 3.8) is 0 Å². The fourth-order valence-corrected chi connectivity index (χ4v) is 4.49. The number of sulfonamides is 1. The maximum Gasteiger partial charge on any atom is 0.271 e. The van der Waals surface area contributed by atoms with Gasteiger partial charge in [-0.3, -0.25) is 24.0 Å². The number of carbonyl (C=O) groups is 2. The summed E-state index contributed by atoms with van der Waals surface area (Å²) in [6.07, 6.45) is 1.90. The molecular formula is C24H32N4O7S. The third-order valence-corrected chi connectivity index (χ3v) is 6.58. The van der Waals surface area contributed by atoms with Gasteiger partial charge in [-0.2, -0.15) is 0 Å². The van der Waals surface area contributed by atoms with Gasteiger partial charge < -0.3 is 15.0 Å². The summed E-state index contributed by atoms with van der Waals surface area (Å²) in [7, 11) is -2.79. The van der Waals surface area contributed by atoms with Gasteiger partial charge in [-0.1, -0.05) is 44.2 Å². The van der Waals surface area contributed by atoms with E-state index in [9.17, 15) is 28.1 Å². The number of rotatable bonds is 13. The first-order valence-corrected chi connectivity index (χ1v) is 13.3. The topological polar surface area (TPSA) is 139 Å². The van der Waals surface area contributed by atoms with Crippen molar-refractivity contribution in [2.45, 2.75) is 39.3 Å². The Balaban J connectivity index is 2.52. The molecule has 0 heterocycles. The van der Waals surface area contributed by atoms with Crippen LogP contribution in [-0.2, 0) is 26.2 Å². The molecule has 0 aliphatic carbocycles. The monoisotopic (exact) mass is 520 g/mol. The van der Waals surface area contributed by atoms with Crippen LogP contribution >= 0.6 is 0 Å². The normalized spacial score (nSPS) is 11.9. The van der Waals surface area contributed by atoms with E-state index in [0.29, 0.717) is 19.4 Å². The Kier molecular flexibility index (Phi) is 10.2. The lowest BCUT2D eigenvalue weighted by atomic mass is 10.1. The molecule has 0 unspecified atom stereocenters. The van der Waals surface area contributed by atoms with Crippen LogP contribution in [0.2, 0.25) is 0 Å². The number of ether oxygens (including phenoxy) is 1. The molecule has 0 aliphatic rings. The minimum absolute atomic E-state index is 0.0427. The molecule has 0 fully saturated rings. The van der Waals surface area contributed by atoms with E-state index in [1.807, 2.05) is 13.0 Å². The lowest BCUT2D eigenvalue weighted by molar-refractivity contribution is -0.384. The fourth-order valence-electron chi connectivity index (χ4n) is 3.65. The minimum atomic E-state index is -4.08. The molecule has 12 heteroatoms. The summed E-state index contributed by atoms with van der Waals surface area (Å²) in [6, 6.07) is 11.7. The second-order valence-electron chi connectivity index (χ2n) is 8.11. The third-order valence-electron chi connectivity index (χ3n) is 5.45. The molecule has 0 radical (unpaired) electrons. The van der Waals surface area contributed by atoms with Crippen molar-refractivity contribution in [1.29, 1.82) is 0 Å². The molecule has 1 atom stereocenters. The van der Waals surface area contributed by atoms with Crippen LogP contribution in [0.5, 0.6) is 5.75 Å². The molecule has 0 aromatic heterocycles. The molecule has 2 amide bonds. The standard InChI is InChI=1S/C24H32N4O7S/c1-5-14-25-24(30)20(6-2)26(16-18-10-8-7-9-11-18)23(29)17-27(36(4,33)34)21-15-19(28(31)32)12-13-22(21)35-3/h7-13,15,20H,5-6,14,16-17H2,1-4H3,(H,25,30)/t20-/m0/s1. The van der Waals surface area contributed by atoms with Crippen LogP contribution in [-0.4, -0.2) is 62.6 Å². The highest BCUT2D eigenvalue weighted by Crippen LogP contribution is 2.34. The highest BCUT2D eigenvalue weighted by atomic mass is 32.2. The number of hydrogen-bond donors (Lipinski definition) is 1. The summed E-state index contributed by atoms with van der Waals surface area (Å²) >= 11 is 0. The number of methoxy groups -OCH3 is 1. The molecule has 0 saturated heterocycles.